The van der Waals surface area contributed by atoms with Crippen molar-refractivity contribution in [1.29, 1.82) is 0 Å². The SMILES string of the molecule is CO[C@H](/C=C/C(=O)NO)[C@H](OC(=O)Nc1ccc2c(c1)OCO2)c1cc(Br)cc(Br)c1O. The zero-order valence-electron chi connectivity index (χ0n) is 16.5. The predicted molar refractivity (Wildman–Crippen MR) is 119 cm³/mol. The zero-order chi connectivity index (χ0) is 23.3. The molecule has 0 fully saturated rings. The number of phenols is 1. The van der Waals surface area contributed by atoms with Crippen molar-refractivity contribution in [1.82, 2.24) is 5.48 Å². The molecule has 1 heterocycles. The van der Waals surface area contributed by atoms with Crippen LogP contribution in [0.1, 0.15) is 11.7 Å². The number of fused-ring (bicyclic) bond motifs is 1. The Kier molecular flexibility index (Phi) is 7.96. The number of carbonyl (C=O) groups excluding carboxylic acids is 2. The third kappa shape index (κ3) is 5.71. The molecule has 2 atom stereocenters. The minimum Gasteiger partial charge on any atom is -0.506 e. The molecule has 3 rings (SSSR count). The number of benzene rings is 2. The highest BCUT2D eigenvalue weighted by atomic mass is 79.9. The van der Waals surface area contributed by atoms with Gasteiger partial charge in [-0.15, -0.1) is 0 Å². The van der Waals surface area contributed by atoms with Gasteiger partial charge in [0.2, 0.25) is 6.79 Å². The van der Waals surface area contributed by atoms with Crippen molar-refractivity contribution in [3.8, 4) is 17.2 Å². The molecule has 2 amide bonds. The van der Waals surface area contributed by atoms with Crippen LogP contribution in [-0.4, -0.2) is 42.3 Å². The highest BCUT2D eigenvalue weighted by Crippen LogP contribution is 2.39. The average molecular weight is 574 g/mol. The van der Waals surface area contributed by atoms with Crippen LogP contribution in [0.5, 0.6) is 17.2 Å². The first-order chi connectivity index (χ1) is 15.3. The predicted octanol–water partition coefficient (Wildman–Crippen LogP) is 4.01. The van der Waals surface area contributed by atoms with E-state index in [9.17, 15) is 14.7 Å². The molecular weight excluding hydrogens is 556 g/mol. The Morgan fingerprint density at radius 1 is 1.19 bits per heavy atom. The normalized spacial score (nSPS) is 14.1. The van der Waals surface area contributed by atoms with Gasteiger partial charge in [0.1, 0.15) is 11.9 Å². The molecule has 2 aromatic carbocycles. The topological polar surface area (TPSA) is 136 Å². The molecule has 0 spiro atoms. The second-order valence-corrected chi connectivity index (χ2v) is 8.15. The molecule has 0 aromatic heterocycles. The molecule has 0 saturated heterocycles. The van der Waals surface area contributed by atoms with Crippen molar-refractivity contribution in [3.05, 3.63) is 57.0 Å². The summed E-state index contributed by atoms with van der Waals surface area (Å²) in [6, 6.07) is 7.98. The summed E-state index contributed by atoms with van der Waals surface area (Å²) in [5.74, 6) is 0.0319. The van der Waals surface area contributed by atoms with Gasteiger partial charge in [-0.25, -0.2) is 10.3 Å². The van der Waals surface area contributed by atoms with Gasteiger partial charge in [0.05, 0.1) is 4.47 Å². The highest BCUT2D eigenvalue weighted by molar-refractivity contribution is 9.11. The molecule has 0 radical (unpaired) electrons. The van der Waals surface area contributed by atoms with E-state index in [0.29, 0.717) is 26.1 Å². The summed E-state index contributed by atoms with van der Waals surface area (Å²) < 4.78 is 22.4. The molecule has 0 saturated carbocycles. The van der Waals surface area contributed by atoms with Gasteiger partial charge in [0.25, 0.3) is 5.91 Å². The van der Waals surface area contributed by atoms with Crippen LogP contribution >= 0.6 is 31.9 Å². The molecular formula is C20H18Br2N2O8. The van der Waals surface area contributed by atoms with Gasteiger partial charge in [-0.1, -0.05) is 15.9 Å². The van der Waals surface area contributed by atoms with E-state index < -0.39 is 24.2 Å². The number of halogens is 2. The summed E-state index contributed by atoms with van der Waals surface area (Å²) >= 11 is 6.57. The minimum atomic E-state index is -1.18. The Hall–Kier alpha value is -2.80. The summed E-state index contributed by atoms with van der Waals surface area (Å²) in [7, 11) is 1.34. The van der Waals surface area contributed by atoms with E-state index in [1.807, 2.05) is 0 Å². The first kappa shape index (κ1) is 23.9. The zero-order valence-corrected chi connectivity index (χ0v) is 19.7. The first-order valence-electron chi connectivity index (χ1n) is 9.02. The number of ether oxygens (including phenoxy) is 4. The summed E-state index contributed by atoms with van der Waals surface area (Å²) in [6.07, 6.45) is -0.748. The van der Waals surface area contributed by atoms with Crippen LogP contribution in [0.3, 0.4) is 0 Å². The maximum absolute atomic E-state index is 12.7. The molecule has 0 unspecified atom stereocenters. The fourth-order valence-corrected chi connectivity index (χ4v) is 4.13. The Morgan fingerprint density at radius 2 is 1.94 bits per heavy atom. The maximum Gasteiger partial charge on any atom is 0.412 e. The number of hydrogen-bond acceptors (Lipinski definition) is 8. The van der Waals surface area contributed by atoms with Crippen LogP contribution in [0.25, 0.3) is 0 Å². The van der Waals surface area contributed by atoms with E-state index in [0.717, 1.165) is 6.08 Å². The monoisotopic (exact) mass is 572 g/mol. The van der Waals surface area contributed by atoms with Gasteiger partial charge >= 0.3 is 6.09 Å². The fraction of sp³-hybridized carbons (Fsp3) is 0.200. The molecule has 12 heteroatoms. The van der Waals surface area contributed by atoms with Gasteiger partial charge in [0.15, 0.2) is 17.6 Å². The molecule has 170 valence electrons. The van der Waals surface area contributed by atoms with Crippen LogP contribution < -0.4 is 20.3 Å². The van der Waals surface area contributed by atoms with Gasteiger partial charge in [-0.3, -0.25) is 15.3 Å². The lowest BCUT2D eigenvalue weighted by Gasteiger charge is -2.25. The number of phenolic OH excluding ortho intramolecular Hbond substituents is 1. The van der Waals surface area contributed by atoms with Gasteiger partial charge in [-0.05, 0) is 46.3 Å². The number of carbonyl (C=O) groups is 2. The van der Waals surface area contributed by atoms with Crippen molar-refractivity contribution in [2.75, 3.05) is 19.2 Å². The van der Waals surface area contributed by atoms with Crippen LogP contribution in [0.4, 0.5) is 10.5 Å². The van der Waals surface area contributed by atoms with Gasteiger partial charge < -0.3 is 24.1 Å². The quantitative estimate of drug-likeness (QED) is 0.222. The summed E-state index contributed by atoms with van der Waals surface area (Å²) in [6.45, 7) is 0.0889. The molecule has 1 aliphatic rings. The van der Waals surface area contributed by atoms with Crippen molar-refractivity contribution < 1.29 is 38.9 Å². The summed E-state index contributed by atoms with van der Waals surface area (Å²) in [5.41, 5.74) is 2.05. The van der Waals surface area contributed by atoms with E-state index in [1.165, 1.54) is 18.7 Å². The number of amides is 2. The molecule has 4 N–H and O–H groups in total. The number of rotatable bonds is 7. The van der Waals surface area contributed by atoms with Crippen molar-refractivity contribution in [3.63, 3.8) is 0 Å². The number of nitrogens with one attached hydrogen (secondary N) is 2. The molecule has 32 heavy (non-hydrogen) atoms. The van der Waals surface area contributed by atoms with Crippen molar-refractivity contribution in [2.24, 2.45) is 0 Å². The number of anilines is 1. The second-order valence-electron chi connectivity index (χ2n) is 6.38. The Morgan fingerprint density at radius 3 is 2.66 bits per heavy atom. The number of hydrogen-bond donors (Lipinski definition) is 4. The van der Waals surface area contributed by atoms with E-state index in [2.05, 4.69) is 37.2 Å². The minimum absolute atomic E-state index is 0.0889. The number of hydroxylamine groups is 1. The summed E-state index contributed by atoms with van der Waals surface area (Å²) in [4.78, 5) is 24.1. The number of methoxy groups -OCH3 is 1. The third-order valence-corrected chi connectivity index (χ3v) is 5.40. The Labute approximate surface area is 199 Å². The van der Waals surface area contributed by atoms with E-state index >= 15 is 0 Å². The molecule has 0 aliphatic carbocycles. The molecule has 1 aliphatic heterocycles. The van der Waals surface area contributed by atoms with Crippen molar-refractivity contribution in [2.45, 2.75) is 12.2 Å². The van der Waals surface area contributed by atoms with Crippen LogP contribution in [0.2, 0.25) is 0 Å². The average Bonchev–Trinajstić information content (AvgIpc) is 3.23. The standard InChI is InChI=1S/C20H18Br2N2O8/c1-29-15(4-5-17(25)24-28)19(12-6-10(21)7-13(22)18(12)26)32-20(27)23-11-2-3-14-16(8-11)31-9-30-14/h2-8,15,19,26,28H,9H2,1H3,(H,23,27)(H,24,25)/b5-4+/t15-,19-/m1/s1. The fourth-order valence-electron chi connectivity index (χ4n) is 2.87. The molecule has 0 bridgehead atoms. The van der Waals surface area contributed by atoms with Gasteiger partial charge in [0, 0.05) is 35.0 Å². The number of aromatic hydroxyl groups is 1. The Balaban J connectivity index is 1.88. The van der Waals surface area contributed by atoms with Crippen LogP contribution in [0, 0.1) is 0 Å². The third-order valence-electron chi connectivity index (χ3n) is 4.34. The van der Waals surface area contributed by atoms with E-state index in [-0.39, 0.29) is 18.1 Å². The Bertz CT molecular complexity index is 1050. The lowest BCUT2D eigenvalue weighted by molar-refractivity contribution is -0.124. The largest absolute Gasteiger partial charge is 0.506 e. The van der Waals surface area contributed by atoms with Crippen LogP contribution in [-0.2, 0) is 14.3 Å². The van der Waals surface area contributed by atoms with Gasteiger partial charge in [-0.2, -0.15) is 0 Å². The molecule has 2 aromatic rings. The first-order valence-corrected chi connectivity index (χ1v) is 10.6. The summed E-state index contributed by atoms with van der Waals surface area (Å²) in [5, 5.41) is 21.8. The van der Waals surface area contributed by atoms with Crippen molar-refractivity contribution >= 4 is 49.5 Å². The van der Waals surface area contributed by atoms with E-state index in [4.69, 9.17) is 24.2 Å². The lowest BCUT2D eigenvalue weighted by Crippen LogP contribution is -2.27. The second kappa shape index (κ2) is 10.7. The lowest BCUT2D eigenvalue weighted by atomic mass is 10.0. The smallest absolute Gasteiger partial charge is 0.412 e. The van der Waals surface area contributed by atoms with Crippen LogP contribution in [0.15, 0.2) is 51.4 Å². The highest BCUT2D eigenvalue weighted by Gasteiger charge is 2.30. The molecule has 10 nitrogen and oxygen atoms in total. The van der Waals surface area contributed by atoms with E-state index in [1.54, 1.807) is 30.3 Å². The maximum atomic E-state index is 12.7.